The van der Waals surface area contributed by atoms with Gasteiger partial charge in [0.05, 0.1) is 5.69 Å². The van der Waals surface area contributed by atoms with Crippen LogP contribution >= 0.6 is 0 Å². The van der Waals surface area contributed by atoms with E-state index in [0.717, 1.165) is 11.0 Å². The van der Waals surface area contributed by atoms with Crippen LogP contribution in [0.2, 0.25) is 0 Å². The van der Waals surface area contributed by atoms with Gasteiger partial charge in [0.2, 0.25) is 0 Å². The minimum atomic E-state index is -1.16. The highest BCUT2D eigenvalue weighted by Gasteiger charge is 2.46. The summed E-state index contributed by atoms with van der Waals surface area (Å²) >= 11 is 0. The second kappa shape index (κ2) is 5.78. The van der Waals surface area contributed by atoms with Crippen LogP contribution < -0.4 is 11.4 Å². The number of nitrogens with zero attached hydrogens (tertiary/aromatic N) is 2. The molecule has 1 heterocycles. The molecule has 1 saturated carbocycles. The molecule has 3 rings (SSSR count). The fraction of sp³-hybridized carbons (Fsp3) is 0.389. The van der Waals surface area contributed by atoms with Crippen LogP contribution in [0.3, 0.4) is 0 Å². The lowest BCUT2D eigenvalue weighted by Crippen LogP contribution is -2.51. The molecule has 1 aliphatic carbocycles. The van der Waals surface area contributed by atoms with Crippen LogP contribution in [0, 0.1) is 5.92 Å². The number of nitrogens with one attached hydrogen (secondary N) is 1. The minimum Gasteiger partial charge on any atom is -0.297 e. The van der Waals surface area contributed by atoms with E-state index in [1.54, 1.807) is 37.3 Å². The SMILES string of the molecule is C=C(C)[C@@]1(n2[nH]c(=O)n(-c3ccccc3)c2=O)CC[C@@H](C)CC1=O. The molecule has 0 bridgehead atoms. The molecule has 1 aromatic carbocycles. The van der Waals surface area contributed by atoms with Crippen LogP contribution in [-0.4, -0.2) is 20.1 Å². The Morgan fingerprint density at radius 3 is 2.50 bits per heavy atom. The van der Waals surface area contributed by atoms with E-state index in [2.05, 4.69) is 11.7 Å². The number of aromatic amines is 1. The summed E-state index contributed by atoms with van der Waals surface area (Å²) < 4.78 is 2.23. The molecule has 126 valence electrons. The summed E-state index contributed by atoms with van der Waals surface area (Å²) in [6.07, 6.45) is 1.64. The zero-order valence-corrected chi connectivity index (χ0v) is 13.9. The predicted molar refractivity (Wildman–Crippen MR) is 91.5 cm³/mol. The van der Waals surface area contributed by atoms with Crippen molar-refractivity contribution in [3.63, 3.8) is 0 Å². The minimum absolute atomic E-state index is 0.0719. The molecule has 0 amide bonds. The summed E-state index contributed by atoms with van der Waals surface area (Å²) in [6, 6.07) is 8.67. The van der Waals surface area contributed by atoms with Gasteiger partial charge >= 0.3 is 11.4 Å². The third-order valence-electron chi connectivity index (χ3n) is 4.89. The number of carbonyl (C=O) groups excluding carboxylic acids is 1. The molecular weight excluding hydrogens is 306 g/mol. The first-order valence-corrected chi connectivity index (χ1v) is 8.07. The number of allylic oxidation sites excluding steroid dienone is 1. The number of benzene rings is 1. The maximum atomic E-state index is 12.9. The maximum absolute atomic E-state index is 12.9. The average Bonchev–Trinajstić information content (AvgIpc) is 2.83. The first kappa shape index (κ1) is 16.2. The monoisotopic (exact) mass is 327 g/mol. The van der Waals surface area contributed by atoms with Gasteiger partial charge in [-0.05, 0) is 43.4 Å². The Balaban J connectivity index is 2.22. The van der Waals surface area contributed by atoms with Crippen LogP contribution in [0.15, 0.2) is 52.1 Å². The number of hydrogen-bond acceptors (Lipinski definition) is 3. The molecule has 0 saturated heterocycles. The van der Waals surface area contributed by atoms with Crippen molar-refractivity contribution in [2.45, 2.75) is 38.6 Å². The first-order valence-electron chi connectivity index (χ1n) is 8.07. The van der Waals surface area contributed by atoms with Gasteiger partial charge in [0.15, 0.2) is 5.78 Å². The summed E-state index contributed by atoms with van der Waals surface area (Å²) in [5, 5.41) is 2.58. The molecule has 0 unspecified atom stereocenters. The van der Waals surface area contributed by atoms with E-state index in [1.165, 1.54) is 4.68 Å². The van der Waals surface area contributed by atoms with Crippen LogP contribution in [0.4, 0.5) is 0 Å². The lowest BCUT2D eigenvalue weighted by atomic mass is 9.73. The molecule has 0 aliphatic heterocycles. The third kappa shape index (κ3) is 2.29. The van der Waals surface area contributed by atoms with Gasteiger partial charge in [-0.1, -0.05) is 31.7 Å². The van der Waals surface area contributed by atoms with Crippen molar-refractivity contribution in [2.24, 2.45) is 5.92 Å². The number of hydrogen-bond donors (Lipinski definition) is 1. The van der Waals surface area contributed by atoms with Gasteiger partial charge in [0.25, 0.3) is 0 Å². The lowest BCUT2D eigenvalue weighted by molar-refractivity contribution is -0.130. The van der Waals surface area contributed by atoms with Crippen LogP contribution in [-0.2, 0) is 10.3 Å². The van der Waals surface area contributed by atoms with Gasteiger partial charge in [-0.3, -0.25) is 4.79 Å². The van der Waals surface area contributed by atoms with Crippen molar-refractivity contribution >= 4 is 5.78 Å². The van der Waals surface area contributed by atoms with E-state index in [4.69, 9.17) is 0 Å². The standard InChI is InChI=1S/C18H21N3O3/c1-12(2)18(10-9-13(3)11-15(18)22)21-17(24)20(16(23)19-21)14-7-5-4-6-8-14/h4-8,13H,1,9-11H2,2-3H3,(H,19,23)/t13-,18+/m1/s1. The summed E-state index contributed by atoms with van der Waals surface area (Å²) in [4.78, 5) is 38.1. The summed E-state index contributed by atoms with van der Waals surface area (Å²) in [6.45, 7) is 7.69. The third-order valence-corrected chi connectivity index (χ3v) is 4.89. The molecule has 1 N–H and O–H groups in total. The van der Waals surface area contributed by atoms with E-state index >= 15 is 0 Å². The molecule has 6 heteroatoms. The van der Waals surface area contributed by atoms with Crippen LogP contribution in [0.1, 0.15) is 33.1 Å². The van der Waals surface area contributed by atoms with E-state index in [9.17, 15) is 14.4 Å². The van der Waals surface area contributed by atoms with Crippen LogP contribution in [0.25, 0.3) is 5.69 Å². The molecule has 1 aliphatic rings. The van der Waals surface area contributed by atoms with Crippen LogP contribution in [0.5, 0.6) is 0 Å². The van der Waals surface area contributed by atoms with E-state index in [-0.39, 0.29) is 11.7 Å². The summed E-state index contributed by atoms with van der Waals surface area (Å²) in [5.41, 5.74) is -1.22. The number of para-hydroxylation sites is 1. The van der Waals surface area contributed by atoms with Crippen molar-refractivity contribution in [3.8, 4) is 5.69 Å². The van der Waals surface area contributed by atoms with Gasteiger partial charge in [-0.2, -0.15) is 0 Å². The highest BCUT2D eigenvalue weighted by molar-refractivity contribution is 5.90. The van der Waals surface area contributed by atoms with Gasteiger partial charge < -0.3 is 0 Å². The zero-order valence-electron chi connectivity index (χ0n) is 13.9. The number of Topliss-reactive ketones (excluding diaryl/α,β-unsaturated/α-hetero) is 1. The largest absolute Gasteiger partial charge is 0.352 e. The average molecular weight is 327 g/mol. The van der Waals surface area contributed by atoms with Crippen molar-refractivity contribution in [1.29, 1.82) is 0 Å². The molecule has 0 spiro atoms. The number of ketones is 1. The zero-order chi connectivity index (χ0) is 17.5. The van der Waals surface area contributed by atoms with Crippen molar-refractivity contribution in [1.82, 2.24) is 14.3 Å². The molecule has 24 heavy (non-hydrogen) atoms. The molecule has 2 aromatic rings. The molecule has 1 fully saturated rings. The second-order valence-electron chi connectivity index (χ2n) is 6.62. The molecule has 1 aromatic heterocycles. The van der Waals surface area contributed by atoms with Crippen molar-refractivity contribution in [2.75, 3.05) is 0 Å². The Hall–Kier alpha value is -2.63. The highest BCUT2D eigenvalue weighted by atomic mass is 16.2. The second-order valence-corrected chi connectivity index (χ2v) is 6.62. The Bertz CT molecular complexity index is 904. The van der Waals surface area contributed by atoms with E-state index < -0.39 is 16.9 Å². The highest BCUT2D eigenvalue weighted by Crippen LogP contribution is 2.38. The number of rotatable bonds is 3. The first-order chi connectivity index (χ1) is 11.4. The summed E-state index contributed by atoms with van der Waals surface area (Å²) in [5.74, 6) is 0.195. The Kier molecular flexibility index (Phi) is 3.91. The van der Waals surface area contributed by atoms with Crippen molar-refractivity contribution in [3.05, 3.63) is 63.5 Å². The van der Waals surface area contributed by atoms with Crippen molar-refractivity contribution < 1.29 is 4.79 Å². The molecule has 0 radical (unpaired) electrons. The van der Waals surface area contributed by atoms with Gasteiger partial charge in [-0.15, -0.1) is 0 Å². The molecule has 2 atom stereocenters. The Morgan fingerprint density at radius 1 is 1.25 bits per heavy atom. The predicted octanol–water partition coefficient (Wildman–Crippen LogP) is 1.99. The normalized spacial score (nSPS) is 24.1. The Labute approximate surface area is 139 Å². The van der Waals surface area contributed by atoms with E-state index in [0.29, 0.717) is 24.1 Å². The molecule has 6 nitrogen and oxygen atoms in total. The molecular formula is C18H21N3O3. The van der Waals surface area contributed by atoms with E-state index in [1.807, 2.05) is 6.92 Å². The topological polar surface area (TPSA) is 76.9 Å². The number of aromatic nitrogens is 3. The van der Waals surface area contributed by atoms with Gasteiger partial charge in [-0.25, -0.2) is 23.9 Å². The van der Waals surface area contributed by atoms with Gasteiger partial charge in [0.1, 0.15) is 5.54 Å². The number of H-pyrrole nitrogens is 1. The maximum Gasteiger partial charge on any atom is 0.352 e. The lowest BCUT2D eigenvalue weighted by Gasteiger charge is -2.38. The quantitative estimate of drug-likeness (QED) is 0.876. The van der Waals surface area contributed by atoms with Gasteiger partial charge in [0, 0.05) is 6.42 Å². The smallest absolute Gasteiger partial charge is 0.297 e. The summed E-state index contributed by atoms with van der Waals surface area (Å²) in [7, 11) is 0. The number of carbonyl (C=O) groups is 1. The fourth-order valence-corrected chi connectivity index (χ4v) is 3.50. The Morgan fingerprint density at radius 2 is 1.92 bits per heavy atom. The fourth-order valence-electron chi connectivity index (χ4n) is 3.50.